The van der Waals surface area contributed by atoms with Crippen LogP contribution >= 0.6 is 0 Å². The van der Waals surface area contributed by atoms with Crippen LogP contribution in [-0.2, 0) is 0 Å². The van der Waals surface area contributed by atoms with E-state index in [0.29, 0.717) is 6.42 Å². The Kier molecular flexibility index (Phi) is 6.50. The van der Waals surface area contributed by atoms with Crippen LogP contribution in [0.3, 0.4) is 0 Å². The fourth-order valence-corrected chi connectivity index (χ4v) is 1.09. The molecule has 0 amide bonds. The van der Waals surface area contributed by atoms with E-state index in [0.717, 1.165) is 12.0 Å². The quantitative estimate of drug-likeness (QED) is 0.670. The van der Waals surface area contributed by atoms with Gasteiger partial charge in [0.2, 0.25) is 0 Å². The zero-order chi connectivity index (χ0) is 11.9. The number of hydrogen-bond donors (Lipinski definition) is 1. The van der Waals surface area contributed by atoms with E-state index in [4.69, 9.17) is 5.73 Å². The largest absolute Gasteiger partial charge is 0.325 e. The summed E-state index contributed by atoms with van der Waals surface area (Å²) in [5.74, 6) is 0. The highest BCUT2D eigenvalue weighted by molar-refractivity contribution is 5.20. The molecule has 0 aromatic heterocycles. The second-order valence-corrected chi connectivity index (χ2v) is 4.66. The first kappa shape index (κ1) is 14.4. The van der Waals surface area contributed by atoms with Crippen LogP contribution in [-0.4, -0.2) is 12.7 Å². The smallest absolute Gasteiger partial charge is 0.105 e. The van der Waals surface area contributed by atoms with Crippen LogP contribution in [0.2, 0.25) is 0 Å². The standard InChI is InChI=1S/C13H24FN/c1-5-11(9-12(15)10-14)7-8-13(3,4)6-2/h5,7-8,12H,6,9-10,15H2,1-4H3/b8-7-,11-5+. The van der Waals surface area contributed by atoms with Crippen molar-refractivity contribution in [1.29, 1.82) is 0 Å². The van der Waals surface area contributed by atoms with Crippen molar-refractivity contribution < 1.29 is 4.39 Å². The summed E-state index contributed by atoms with van der Waals surface area (Å²) >= 11 is 0. The monoisotopic (exact) mass is 213 g/mol. The predicted molar refractivity (Wildman–Crippen MR) is 65.5 cm³/mol. The lowest BCUT2D eigenvalue weighted by Crippen LogP contribution is -2.22. The molecule has 1 atom stereocenters. The molecule has 2 heteroatoms. The third-order valence-corrected chi connectivity index (χ3v) is 2.73. The van der Waals surface area contributed by atoms with E-state index in [1.165, 1.54) is 0 Å². The van der Waals surface area contributed by atoms with Crippen LogP contribution in [0.15, 0.2) is 23.8 Å². The van der Waals surface area contributed by atoms with Crippen LogP contribution in [0.25, 0.3) is 0 Å². The Morgan fingerprint density at radius 2 is 2.07 bits per heavy atom. The molecule has 0 aliphatic heterocycles. The van der Waals surface area contributed by atoms with Gasteiger partial charge in [-0.05, 0) is 25.2 Å². The number of alkyl halides is 1. The van der Waals surface area contributed by atoms with Gasteiger partial charge in [-0.3, -0.25) is 0 Å². The first-order chi connectivity index (χ1) is 6.95. The lowest BCUT2D eigenvalue weighted by atomic mass is 9.89. The molecule has 0 aliphatic rings. The predicted octanol–water partition coefficient (Wildman–Crippen LogP) is 3.61. The van der Waals surface area contributed by atoms with E-state index < -0.39 is 6.67 Å². The van der Waals surface area contributed by atoms with Crippen molar-refractivity contribution in [1.82, 2.24) is 0 Å². The average molecular weight is 213 g/mol. The van der Waals surface area contributed by atoms with Gasteiger partial charge in [0.25, 0.3) is 0 Å². The van der Waals surface area contributed by atoms with Gasteiger partial charge in [-0.2, -0.15) is 0 Å². The minimum Gasteiger partial charge on any atom is -0.325 e. The Hall–Kier alpha value is -0.630. The highest BCUT2D eigenvalue weighted by Crippen LogP contribution is 2.22. The van der Waals surface area contributed by atoms with Crippen LogP contribution in [0, 0.1) is 5.41 Å². The summed E-state index contributed by atoms with van der Waals surface area (Å²) in [7, 11) is 0. The Labute approximate surface area is 93.2 Å². The average Bonchev–Trinajstić information content (AvgIpc) is 2.23. The van der Waals surface area contributed by atoms with E-state index in [1.54, 1.807) is 0 Å². The van der Waals surface area contributed by atoms with Crippen molar-refractivity contribution in [2.24, 2.45) is 11.1 Å². The number of nitrogens with two attached hydrogens (primary N) is 1. The molecule has 0 radical (unpaired) electrons. The zero-order valence-electron chi connectivity index (χ0n) is 10.4. The first-order valence-corrected chi connectivity index (χ1v) is 5.61. The van der Waals surface area contributed by atoms with E-state index in [2.05, 4.69) is 32.9 Å². The minimum absolute atomic E-state index is 0.202. The zero-order valence-corrected chi connectivity index (χ0v) is 10.4. The van der Waals surface area contributed by atoms with Crippen LogP contribution in [0.5, 0.6) is 0 Å². The molecular weight excluding hydrogens is 189 g/mol. The molecule has 0 bridgehead atoms. The van der Waals surface area contributed by atoms with Crippen molar-refractivity contribution in [3.8, 4) is 0 Å². The molecular formula is C13H24FN. The molecule has 0 saturated heterocycles. The molecule has 0 aromatic carbocycles. The molecule has 0 rings (SSSR count). The topological polar surface area (TPSA) is 26.0 Å². The van der Waals surface area contributed by atoms with Crippen LogP contribution in [0.1, 0.15) is 40.5 Å². The molecule has 0 fully saturated rings. The third-order valence-electron chi connectivity index (χ3n) is 2.73. The summed E-state index contributed by atoms with van der Waals surface area (Å²) in [4.78, 5) is 0. The maximum atomic E-state index is 12.2. The first-order valence-electron chi connectivity index (χ1n) is 5.61. The van der Waals surface area contributed by atoms with Crippen molar-refractivity contribution >= 4 is 0 Å². The number of rotatable bonds is 6. The second kappa shape index (κ2) is 6.78. The summed E-state index contributed by atoms with van der Waals surface area (Å²) < 4.78 is 12.2. The lowest BCUT2D eigenvalue weighted by Gasteiger charge is -2.17. The van der Waals surface area contributed by atoms with Gasteiger partial charge in [-0.15, -0.1) is 0 Å². The molecule has 1 nitrogen and oxygen atoms in total. The summed E-state index contributed by atoms with van der Waals surface area (Å²) in [5, 5.41) is 0. The molecule has 0 spiro atoms. The normalized spacial score (nSPS) is 16.0. The van der Waals surface area contributed by atoms with Gasteiger partial charge in [0.05, 0.1) is 0 Å². The Balaban J connectivity index is 4.35. The van der Waals surface area contributed by atoms with Gasteiger partial charge in [0.15, 0.2) is 0 Å². The van der Waals surface area contributed by atoms with Gasteiger partial charge in [0.1, 0.15) is 6.67 Å². The van der Waals surface area contributed by atoms with Gasteiger partial charge < -0.3 is 5.73 Å². The summed E-state index contributed by atoms with van der Waals surface area (Å²) in [6.45, 7) is 8.04. The number of allylic oxidation sites excluding steroid dienone is 3. The highest BCUT2D eigenvalue weighted by Gasteiger charge is 2.10. The van der Waals surface area contributed by atoms with Crippen LogP contribution < -0.4 is 5.73 Å². The summed E-state index contributed by atoms with van der Waals surface area (Å²) in [6.07, 6.45) is 7.95. The van der Waals surface area contributed by atoms with Gasteiger partial charge in [-0.1, -0.05) is 44.6 Å². The van der Waals surface area contributed by atoms with Crippen molar-refractivity contribution in [2.75, 3.05) is 6.67 Å². The Morgan fingerprint density at radius 3 is 2.47 bits per heavy atom. The van der Waals surface area contributed by atoms with Crippen molar-refractivity contribution in [2.45, 2.75) is 46.6 Å². The third kappa shape index (κ3) is 6.45. The highest BCUT2D eigenvalue weighted by atomic mass is 19.1. The fourth-order valence-electron chi connectivity index (χ4n) is 1.09. The number of halogens is 1. The molecule has 1 unspecified atom stereocenters. The Morgan fingerprint density at radius 1 is 1.47 bits per heavy atom. The SMILES string of the molecule is C/C=C(\C=C/C(C)(C)CC)CC(N)CF. The molecule has 0 saturated carbocycles. The fraction of sp³-hybridized carbons (Fsp3) is 0.692. The van der Waals surface area contributed by atoms with Crippen molar-refractivity contribution in [3.05, 3.63) is 23.8 Å². The maximum Gasteiger partial charge on any atom is 0.105 e. The van der Waals surface area contributed by atoms with E-state index in [9.17, 15) is 4.39 Å². The molecule has 2 N–H and O–H groups in total. The molecule has 0 aromatic rings. The van der Waals surface area contributed by atoms with Gasteiger partial charge >= 0.3 is 0 Å². The van der Waals surface area contributed by atoms with Crippen molar-refractivity contribution in [3.63, 3.8) is 0 Å². The van der Waals surface area contributed by atoms with E-state index >= 15 is 0 Å². The van der Waals surface area contributed by atoms with Crippen LogP contribution in [0.4, 0.5) is 4.39 Å². The lowest BCUT2D eigenvalue weighted by molar-refractivity contribution is 0.427. The summed E-state index contributed by atoms with van der Waals surface area (Å²) in [5.41, 5.74) is 6.89. The maximum absolute atomic E-state index is 12.2. The van der Waals surface area contributed by atoms with E-state index in [-0.39, 0.29) is 11.5 Å². The van der Waals surface area contributed by atoms with Gasteiger partial charge in [-0.25, -0.2) is 4.39 Å². The van der Waals surface area contributed by atoms with E-state index in [1.807, 2.05) is 13.0 Å². The molecule has 15 heavy (non-hydrogen) atoms. The Bertz CT molecular complexity index is 229. The summed E-state index contributed by atoms with van der Waals surface area (Å²) in [6, 6.07) is -0.370. The van der Waals surface area contributed by atoms with Gasteiger partial charge in [0, 0.05) is 6.04 Å². The number of hydrogen-bond acceptors (Lipinski definition) is 1. The molecule has 0 heterocycles. The molecule has 88 valence electrons. The molecule has 0 aliphatic carbocycles. The second-order valence-electron chi connectivity index (χ2n) is 4.66. The minimum atomic E-state index is -0.456.